The normalized spacial score (nSPS) is 18.2. The van der Waals surface area contributed by atoms with Gasteiger partial charge in [-0.2, -0.15) is 5.10 Å². The minimum absolute atomic E-state index is 0.108. The molecule has 160 valence electrons. The minimum atomic E-state index is -1.09. The third kappa shape index (κ3) is 4.97. The van der Waals surface area contributed by atoms with Gasteiger partial charge in [-0.1, -0.05) is 38.1 Å². The van der Waals surface area contributed by atoms with Crippen LogP contribution in [0.25, 0.3) is 5.69 Å². The maximum Gasteiger partial charge on any atom is 0.329 e. The summed E-state index contributed by atoms with van der Waals surface area (Å²) >= 11 is 0. The average molecular weight is 412 g/mol. The third-order valence-electron chi connectivity index (χ3n) is 5.41. The van der Waals surface area contributed by atoms with Gasteiger partial charge in [-0.3, -0.25) is 4.79 Å². The van der Waals surface area contributed by atoms with Gasteiger partial charge >= 0.3 is 5.97 Å². The van der Waals surface area contributed by atoms with Gasteiger partial charge in [0.1, 0.15) is 13.2 Å². The van der Waals surface area contributed by atoms with Crippen LogP contribution in [-0.4, -0.2) is 46.0 Å². The number of allylic oxidation sites excluding steroid dienone is 1. The molecule has 3 rings (SSSR count). The van der Waals surface area contributed by atoms with E-state index in [2.05, 4.69) is 56.4 Å². The van der Waals surface area contributed by atoms with Gasteiger partial charge < -0.3 is 15.2 Å². The highest BCUT2D eigenvalue weighted by Crippen LogP contribution is 2.34. The molecule has 0 bridgehead atoms. The first-order valence-electron chi connectivity index (χ1n) is 10.2. The van der Waals surface area contributed by atoms with Crippen molar-refractivity contribution in [3.63, 3.8) is 0 Å². The number of aromatic nitrogens is 2. The highest BCUT2D eigenvalue weighted by molar-refractivity contribution is 5.78. The first kappa shape index (κ1) is 21.8. The van der Waals surface area contributed by atoms with Crippen LogP contribution in [0.3, 0.4) is 0 Å². The summed E-state index contributed by atoms with van der Waals surface area (Å²) < 4.78 is 6.82. The Morgan fingerprint density at radius 3 is 2.53 bits per heavy atom. The lowest BCUT2D eigenvalue weighted by atomic mass is 9.96. The van der Waals surface area contributed by atoms with Crippen molar-refractivity contribution in [2.75, 3.05) is 13.2 Å². The van der Waals surface area contributed by atoms with E-state index in [1.54, 1.807) is 0 Å². The molecule has 1 amide bonds. The number of aliphatic carboxylic acids is 1. The number of benzene rings is 1. The summed E-state index contributed by atoms with van der Waals surface area (Å²) in [7, 11) is 0. The van der Waals surface area contributed by atoms with Gasteiger partial charge in [0.15, 0.2) is 0 Å². The number of carboxylic acids is 1. The second kappa shape index (κ2) is 9.26. The topological polar surface area (TPSA) is 93.5 Å². The van der Waals surface area contributed by atoms with Crippen molar-refractivity contribution < 1.29 is 19.4 Å². The number of aryl methyl sites for hydroxylation is 1. The molecule has 0 radical (unpaired) electrons. The van der Waals surface area contributed by atoms with Crippen LogP contribution in [0.15, 0.2) is 36.4 Å². The standard InChI is InChI=1S/C23H29N3O4/c1-14(2)17-6-9-20(10-7-17)26-16(4)23(15(3)25-26)18-5-8-19(11-18)24-21(27)12-30-13-22(28)29/h5-10,14,18-19H,11-13H2,1-4H3,(H,24,27)(H,28,29)/t18-,19-/m1/s1. The van der Waals surface area contributed by atoms with E-state index in [-0.39, 0.29) is 24.5 Å². The lowest BCUT2D eigenvalue weighted by Crippen LogP contribution is -2.35. The molecule has 0 unspecified atom stereocenters. The predicted octanol–water partition coefficient (Wildman–Crippen LogP) is 3.24. The van der Waals surface area contributed by atoms with Gasteiger partial charge in [0.05, 0.1) is 11.4 Å². The summed E-state index contributed by atoms with van der Waals surface area (Å²) in [6, 6.07) is 8.38. The molecular formula is C23H29N3O4. The lowest BCUT2D eigenvalue weighted by Gasteiger charge is -2.15. The highest BCUT2D eigenvalue weighted by atomic mass is 16.5. The third-order valence-corrected chi connectivity index (χ3v) is 5.41. The molecule has 1 aliphatic carbocycles. The molecule has 0 saturated carbocycles. The molecule has 1 aliphatic rings. The second-order valence-electron chi connectivity index (χ2n) is 8.03. The molecule has 7 nitrogen and oxygen atoms in total. The van der Waals surface area contributed by atoms with Gasteiger partial charge in [-0.05, 0) is 43.9 Å². The minimum Gasteiger partial charge on any atom is -0.480 e. The van der Waals surface area contributed by atoms with Crippen LogP contribution in [0.5, 0.6) is 0 Å². The van der Waals surface area contributed by atoms with Crippen molar-refractivity contribution in [1.29, 1.82) is 0 Å². The molecule has 1 aromatic heterocycles. The van der Waals surface area contributed by atoms with E-state index < -0.39 is 12.6 Å². The number of amides is 1. The smallest absolute Gasteiger partial charge is 0.329 e. The Kier molecular flexibility index (Phi) is 6.72. The number of carbonyl (C=O) groups excluding carboxylic acids is 1. The van der Waals surface area contributed by atoms with Crippen LogP contribution in [-0.2, 0) is 14.3 Å². The summed E-state index contributed by atoms with van der Waals surface area (Å²) in [5, 5.41) is 16.2. The number of rotatable bonds is 8. The molecule has 7 heteroatoms. The molecule has 1 aromatic carbocycles. The molecule has 0 saturated heterocycles. The highest BCUT2D eigenvalue weighted by Gasteiger charge is 2.27. The fraction of sp³-hybridized carbons (Fsp3) is 0.435. The largest absolute Gasteiger partial charge is 0.480 e. The maximum absolute atomic E-state index is 11.9. The van der Waals surface area contributed by atoms with E-state index in [0.717, 1.165) is 23.5 Å². The second-order valence-corrected chi connectivity index (χ2v) is 8.03. The van der Waals surface area contributed by atoms with Crippen LogP contribution < -0.4 is 5.32 Å². The molecule has 2 aromatic rings. The molecule has 0 spiro atoms. The van der Waals surface area contributed by atoms with Crippen molar-refractivity contribution >= 4 is 11.9 Å². The van der Waals surface area contributed by atoms with Crippen LogP contribution >= 0.6 is 0 Å². The van der Waals surface area contributed by atoms with Crippen molar-refractivity contribution in [1.82, 2.24) is 15.1 Å². The lowest BCUT2D eigenvalue weighted by molar-refractivity contribution is -0.143. The van der Waals surface area contributed by atoms with Gasteiger partial charge in [-0.15, -0.1) is 0 Å². The van der Waals surface area contributed by atoms with E-state index in [9.17, 15) is 9.59 Å². The Morgan fingerprint density at radius 1 is 1.20 bits per heavy atom. The summed E-state index contributed by atoms with van der Waals surface area (Å²) in [4.78, 5) is 22.4. The number of nitrogens with zero attached hydrogens (tertiary/aromatic N) is 2. The Morgan fingerprint density at radius 2 is 1.90 bits per heavy atom. The number of hydrogen-bond acceptors (Lipinski definition) is 4. The zero-order chi connectivity index (χ0) is 21.8. The van der Waals surface area contributed by atoms with Gasteiger partial charge in [0.2, 0.25) is 5.91 Å². The van der Waals surface area contributed by atoms with Crippen molar-refractivity contribution in [2.45, 2.75) is 52.0 Å². The van der Waals surface area contributed by atoms with Crippen molar-refractivity contribution in [2.24, 2.45) is 0 Å². The van der Waals surface area contributed by atoms with Gasteiger partial charge in [0, 0.05) is 23.2 Å². The molecule has 1 heterocycles. The fourth-order valence-corrected chi connectivity index (χ4v) is 3.94. The Balaban J connectivity index is 1.67. The Hall–Kier alpha value is -2.93. The molecule has 2 N–H and O–H groups in total. The number of nitrogens with one attached hydrogen (secondary N) is 1. The Bertz CT molecular complexity index is 944. The molecule has 0 aliphatic heterocycles. The predicted molar refractivity (Wildman–Crippen MR) is 114 cm³/mol. The quantitative estimate of drug-likeness (QED) is 0.651. The van der Waals surface area contributed by atoms with Gasteiger partial charge in [-0.25, -0.2) is 9.48 Å². The van der Waals surface area contributed by atoms with E-state index in [1.807, 2.05) is 17.7 Å². The molecule has 30 heavy (non-hydrogen) atoms. The summed E-state index contributed by atoms with van der Waals surface area (Å²) in [6.07, 6.45) is 4.82. The Labute approximate surface area is 176 Å². The SMILES string of the molecule is Cc1nn(-c2ccc(C(C)C)cc2)c(C)c1[C@@H]1C=C[C@@H](NC(=O)COCC(=O)O)C1. The van der Waals surface area contributed by atoms with E-state index in [1.165, 1.54) is 11.1 Å². The monoisotopic (exact) mass is 411 g/mol. The van der Waals surface area contributed by atoms with E-state index >= 15 is 0 Å². The van der Waals surface area contributed by atoms with Gasteiger partial charge in [0.25, 0.3) is 0 Å². The molecule has 0 fully saturated rings. The molecular weight excluding hydrogens is 382 g/mol. The van der Waals surface area contributed by atoms with E-state index in [0.29, 0.717) is 5.92 Å². The first-order chi connectivity index (χ1) is 14.3. The number of ether oxygens (including phenoxy) is 1. The summed E-state index contributed by atoms with van der Waals surface area (Å²) in [5.41, 5.74) is 5.58. The van der Waals surface area contributed by atoms with Crippen LogP contribution in [0.1, 0.15) is 54.6 Å². The van der Waals surface area contributed by atoms with Crippen molar-refractivity contribution in [3.8, 4) is 5.69 Å². The number of carbonyl (C=O) groups is 2. The van der Waals surface area contributed by atoms with Crippen LogP contribution in [0.4, 0.5) is 0 Å². The number of carboxylic acid groups (broad SMARTS) is 1. The van der Waals surface area contributed by atoms with Crippen LogP contribution in [0, 0.1) is 13.8 Å². The summed E-state index contributed by atoms with van der Waals surface area (Å²) in [5.74, 6) is -0.759. The van der Waals surface area contributed by atoms with Crippen LogP contribution in [0.2, 0.25) is 0 Å². The van der Waals surface area contributed by atoms with Crippen molar-refractivity contribution in [3.05, 3.63) is 58.9 Å². The zero-order valence-electron chi connectivity index (χ0n) is 17.9. The summed E-state index contributed by atoms with van der Waals surface area (Å²) in [6.45, 7) is 7.70. The molecule has 2 atom stereocenters. The zero-order valence-corrected chi connectivity index (χ0v) is 17.9. The first-order valence-corrected chi connectivity index (χ1v) is 10.2. The average Bonchev–Trinajstić information content (AvgIpc) is 3.25. The maximum atomic E-state index is 11.9. The van der Waals surface area contributed by atoms with E-state index in [4.69, 9.17) is 14.9 Å². The number of hydrogen-bond donors (Lipinski definition) is 2. The fourth-order valence-electron chi connectivity index (χ4n) is 3.94.